The van der Waals surface area contributed by atoms with Gasteiger partial charge >= 0.3 is 39.5 Å². The molecule has 2 unspecified atom stereocenters. The Labute approximate surface area is 517 Å². The number of hydrogen-bond acceptors (Lipinski definition) is 15. The van der Waals surface area contributed by atoms with Gasteiger partial charge in [-0.1, -0.05) is 291 Å². The lowest BCUT2D eigenvalue weighted by Crippen LogP contribution is -2.30. The predicted octanol–water partition coefficient (Wildman–Crippen LogP) is 18.7. The molecule has 0 aliphatic carbocycles. The molecule has 504 valence electrons. The third kappa shape index (κ3) is 60.7. The normalized spacial score (nSPS) is 14.1. The van der Waals surface area contributed by atoms with Gasteiger partial charge in [-0.25, -0.2) is 9.13 Å². The summed E-state index contributed by atoms with van der Waals surface area (Å²) >= 11 is 0. The summed E-state index contributed by atoms with van der Waals surface area (Å²) in [6.07, 6.45) is 47.0. The highest BCUT2D eigenvalue weighted by molar-refractivity contribution is 7.47. The molecule has 0 rings (SSSR count). The number of aliphatic hydroxyl groups is 1. The Bertz CT molecular complexity index is 1640. The molecule has 3 N–H and O–H groups in total. The zero-order valence-electron chi connectivity index (χ0n) is 54.6. The van der Waals surface area contributed by atoms with Crippen LogP contribution >= 0.6 is 15.6 Å². The Balaban J connectivity index is 5.22. The number of ether oxygens (including phenoxy) is 4. The van der Waals surface area contributed by atoms with Gasteiger partial charge < -0.3 is 33.8 Å². The van der Waals surface area contributed by atoms with Crippen molar-refractivity contribution in [2.45, 2.75) is 361 Å². The molecular formula is C66H128O17P2. The van der Waals surface area contributed by atoms with E-state index in [0.717, 1.165) is 89.9 Å². The van der Waals surface area contributed by atoms with Gasteiger partial charge in [-0.15, -0.1) is 0 Å². The van der Waals surface area contributed by atoms with Gasteiger partial charge in [0.2, 0.25) is 0 Å². The van der Waals surface area contributed by atoms with Crippen LogP contribution in [0.1, 0.15) is 342 Å². The topological polar surface area (TPSA) is 237 Å². The van der Waals surface area contributed by atoms with Crippen molar-refractivity contribution in [3.05, 3.63) is 0 Å². The fourth-order valence-electron chi connectivity index (χ4n) is 9.99. The van der Waals surface area contributed by atoms with Crippen LogP contribution in [0, 0.1) is 0 Å². The molecule has 0 amide bonds. The molecule has 0 aliphatic rings. The monoisotopic (exact) mass is 1250 g/mol. The lowest BCUT2D eigenvalue weighted by atomic mass is 10.0. The minimum atomic E-state index is -4.94. The Hall–Kier alpha value is -1.94. The molecule has 19 heteroatoms. The maximum Gasteiger partial charge on any atom is 0.472 e. The van der Waals surface area contributed by atoms with Gasteiger partial charge in [-0.05, 0) is 25.7 Å². The van der Waals surface area contributed by atoms with E-state index in [4.69, 9.17) is 37.0 Å². The van der Waals surface area contributed by atoms with Gasteiger partial charge in [0.1, 0.15) is 19.3 Å². The second kappa shape index (κ2) is 60.9. The number of aliphatic hydroxyl groups excluding tert-OH is 1. The average Bonchev–Trinajstić information content (AvgIpc) is 3.55. The largest absolute Gasteiger partial charge is 0.472 e. The van der Waals surface area contributed by atoms with E-state index >= 15 is 0 Å². The minimum Gasteiger partial charge on any atom is -0.462 e. The minimum absolute atomic E-state index is 0.107. The third-order valence-corrected chi connectivity index (χ3v) is 17.3. The summed E-state index contributed by atoms with van der Waals surface area (Å²) in [5.74, 6) is -2.13. The van der Waals surface area contributed by atoms with Crippen molar-refractivity contribution in [1.29, 1.82) is 0 Å². The lowest BCUT2D eigenvalue weighted by Gasteiger charge is -2.21. The molecule has 0 aromatic carbocycles. The van der Waals surface area contributed by atoms with E-state index < -0.39 is 97.5 Å². The molecule has 0 bridgehead atoms. The second-order valence-corrected chi connectivity index (χ2v) is 26.8. The van der Waals surface area contributed by atoms with Gasteiger partial charge in [0.25, 0.3) is 0 Å². The van der Waals surface area contributed by atoms with Crippen LogP contribution in [0.25, 0.3) is 0 Å². The van der Waals surface area contributed by atoms with Gasteiger partial charge in [0, 0.05) is 25.7 Å². The number of phosphoric ester groups is 2. The number of unbranched alkanes of at least 4 members (excludes halogenated alkanes) is 41. The third-order valence-electron chi connectivity index (χ3n) is 15.4. The van der Waals surface area contributed by atoms with E-state index in [1.54, 1.807) is 0 Å². The van der Waals surface area contributed by atoms with E-state index in [2.05, 4.69) is 27.7 Å². The van der Waals surface area contributed by atoms with E-state index in [0.29, 0.717) is 25.7 Å². The van der Waals surface area contributed by atoms with Gasteiger partial charge in [0.05, 0.1) is 26.4 Å². The van der Waals surface area contributed by atoms with E-state index in [1.807, 2.05) is 0 Å². The maximum absolute atomic E-state index is 13.0. The first kappa shape index (κ1) is 83.1. The molecule has 0 fully saturated rings. The summed E-state index contributed by atoms with van der Waals surface area (Å²) in [7, 11) is -9.88. The average molecular weight is 1260 g/mol. The highest BCUT2D eigenvalue weighted by Gasteiger charge is 2.30. The molecule has 85 heavy (non-hydrogen) atoms. The van der Waals surface area contributed by atoms with E-state index in [-0.39, 0.29) is 25.7 Å². The molecule has 17 nitrogen and oxygen atoms in total. The summed E-state index contributed by atoms with van der Waals surface area (Å²) in [5, 5.41) is 10.5. The fraction of sp³-hybridized carbons (Fsp3) is 0.939. The molecule has 0 saturated carbocycles. The van der Waals surface area contributed by atoms with Crippen molar-refractivity contribution >= 4 is 39.5 Å². The summed E-state index contributed by atoms with van der Waals surface area (Å²) in [6, 6.07) is 0. The molecule has 0 aliphatic heterocycles. The number of esters is 4. The molecule has 5 atom stereocenters. The van der Waals surface area contributed by atoms with Crippen molar-refractivity contribution in [2.75, 3.05) is 39.6 Å². The predicted molar refractivity (Wildman–Crippen MR) is 340 cm³/mol. The van der Waals surface area contributed by atoms with Crippen molar-refractivity contribution in [3.63, 3.8) is 0 Å². The Morgan fingerprint density at radius 1 is 0.282 bits per heavy atom. The van der Waals surface area contributed by atoms with Crippen LogP contribution in [-0.2, 0) is 65.4 Å². The lowest BCUT2D eigenvalue weighted by molar-refractivity contribution is -0.161. The van der Waals surface area contributed by atoms with Gasteiger partial charge in [-0.3, -0.25) is 37.3 Å². The van der Waals surface area contributed by atoms with Crippen LogP contribution in [0.4, 0.5) is 0 Å². The number of carbonyl (C=O) groups is 4. The van der Waals surface area contributed by atoms with Crippen LogP contribution in [-0.4, -0.2) is 96.7 Å². The number of rotatable bonds is 67. The summed E-state index contributed by atoms with van der Waals surface area (Å²) in [6.45, 7) is 4.89. The van der Waals surface area contributed by atoms with Crippen molar-refractivity contribution in [1.82, 2.24) is 0 Å². The van der Waals surface area contributed by atoms with Gasteiger partial charge in [-0.2, -0.15) is 0 Å². The van der Waals surface area contributed by atoms with Crippen molar-refractivity contribution in [3.8, 4) is 0 Å². The second-order valence-electron chi connectivity index (χ2n) is 23.9. The number of hydrogen-bond donors (Lipinski definition) is 3. The zero-order valence-corrected chi connectivity index (χ0v) is 56.4. The fourth-order valence-corrected chi connectivity index (χ4v) is 11.6. The smallest absolute Gasteiger partial charge is 0.462 e. The van der Waals surface area contributed by atoms with E-state index in [9.17, 15) is 43.2 Å². The molecule has 0 spiro atoms. The molecule has 0 saturated heterocycles. The SMILES string of the molecule is CCCCCCCCCCCCCCCCCC(=O)O[C@H](COC(=O)CCCCCCCCCCCCC)COP(=O)(O)OC[C@@H](O)COP(=O)(O)OC[C@@H](COC(=O)CCCCCCCCCCC)OC(=O)CCCCCCCCCCCC. The van der Waals surface area contributed by atoms with Crippen molar-refractivity contribution in [2.24, 2.45) is 0 Å². The van der Waals surface area contributed by atoms with E-state index in [1.165, 1.54) is 173 Å². The maximum atomic E-state index is 13.0. The first-order valence-corrected chi connectivity index (χ1v) is 37.8. The quantitative estimate of drug-likeness (QED) is 0.0222. The standard InChI is InChI=1S/C66H128O17P2/c1-5-9-13-17-21-25-28-29-30-31-33-37-41-45-49-53-66(71)83-62(57-77-64(69)51-47-43-39-36-32-26-22-18-14-10-6-2)59-81-85(74,75)79-55-60(67)54-78-84(72,73)80-58-61(56-76-63(68)50-46-42-38-34-24-20-16-12-8-4)82-65(70)52-48-44-40-35-27-23-19-15-11-7-3/h60-62,67H,5-59H2,1-4H3,(H,72,73)(H,74,75)/t60-,61+,62+/m0/s1. The highest BCUT2D eigenvalue weighted by Crippen LogP contribution is 2.45. The van der Waals surface area contributed by atoms with Crippen LogP contribution in [0.5, 0.6) is 0 Å². The Kier molecular flexibility index (Phi) is 59.6. The Morgan fingerprint density at radius 2 is 0.471 bits per heavy atom. The van der Waals surface area contributed by atoms with Crippen molar-refractivity contribution < 1.29 is 80.2 Å². The highest BCUT2D eigenvalue weighted by atomic mass is 31.2. The van der Waals surface area contributed by atoms with Crippen LogP contribution in [0.15, 0.2) is 0 Å². The Morgan fingerprint density at radius 3 is 0.694 bits per heavy atom. The molecule has 0 heterocycles. The zero-order chi connectivity index (χ0) is 62.6. The summed E-state index contributed by atoms with van der Waals surface area (Å²) in [4.78, 5) is 72.3. The summed E-state index contributed by atoms with van der Waals surface area (Å²) < 4.78 is 68.1. The van der Waals surface area contributed by atoms with Gasteiger partial charge in [0.15, 0.2) is 12.2 Å². The number of carbonyl (C=O) groups excluding carboxylic acids is 4. The molecule has 0 aromatic rings. The first-order chi connectivity index (χ1) is 41.2. The molecule has 0 radical (unpaired) electrons. The molecular weight excluding hydrogens is 1130 g/mol. The number of phosphoric acid groups is 2. The first-order valence-electron chi connectivity index (χ1n) is 34.8. The summed E-state index contributed by atoms with van der Waals surface area (Å²) in [5.41, 5.74) is 0. The van der Waals surface area contributed by atoms with Crippen LogP contribution in [0.3, 0.4) is 0 Å². The molecule has 0 aromatic heterocycles. The van der Waals surface area contributed by atoms with Crippen LogP contribution in [0.2, 0.25) is 0 Å². The van der Waals surface area contributed by atoms with Crippen LogP contribution < -0.4 is 0 Å².